The number of non-ortho nitro benzene ring substituents is 1. The number of hydrazone groups is 1. The number of nitrogens with zero attached hydrogens (tertiary/aromatic N) is 4. The number of carbonyl (C=O) groups is 1. The van der Waals surface area contributed by atoms with E-state index in [1.165, 1.54) is 18.3 Å². The second-order valence-electron chi connectivity index (χ2n) is 4.70. The summed E-state index contributed by atoms with van der Waals surface area (Å²) in [6.07, 6.45) is 1.27. The standard InChI is InChI=1S/C14H10N6O5/c15-13-12(18-25-19-13)14(21)17-16-7-10-5-6-11(24-10)8-1-3-9(4-2-8)20(22)23/h1-7H,(H2,15,19)(H,17,21)/b16-7+. The number of benzene rings is 1. The molecule has 2 aromatic heterocycles. The normalized spacial score (nSPS) is 10.9. The van der Waals surface area contributed by atoms with Crippen LogP contribution in [-0.2, 0) is 0 Å². The molecule has 0 spiro atoms. The highest BCUT2D eigenvalue weighted by Crippen LogP contribution is 2.23. The van der Waals surface area contributed by atoms with Crippen molar-refractivity contribution in [1.29, 1.82) is 0 Å². The molecule has 126 valence electrons. The number of furan rings is 1. The molecule has 0 bridgehead atoms. The zero-order valence-electron chi connectivity index (χ0n) is 12.4. The number of rotatable bonds is 5. The van der Waals surface area contributed by atoms with Gasteiger partial charge in [-0.1, -0.05) is 0 Å². The van der Waals surface area contributed by atoms with E-state index in [9.17, 15) is 14.9 Å². The van der Waals surface area contributed by atoms with Gasteiger partial charge in [-0.3, -0.25) is 14.9 Å². The Hall–Kier alpha value is -4.02. The van der Waals surface area contributed by atoms with Gasteiger partial charge in [0.1, 0.15) is 11.5 Å². The average Bonchev–Trinajstić information content (AvgIpc) is 3.24. The van der Waals surface area contributed by atoms with Gasteiger partial charge in [-0.25, -0.2) is 10.1 Å². The second-order valence-corrected chi connectivity index (χ2v) is 4.70. The van der Waals surface area contributed by atoms with Gasteiger partial charge in [0, 0.05) is 17.7 Å². The first-order chi connectivity index (χ1) is 12.0. The number of carbonyl (C=O) groups excluding carboxylic acids is 1. The van der Waals surface area contributed by atoms with Crippen LogP contribution >= 0.6 is 0 Å². The van der Waals surface area contributed by atoms with Crippen LogP contribution in [0.25, 0.3) is 11.3 Å². The summed E-state index contributed by atoms with van der Waals surface area (Å²) < 4.78 is 9.83. The third kappa shape index (κ3) is 3.50. The van der Waals surface area contributed by atoms with Crippen LogP contribution in [0.2, 0.25) is 0 Å². The first-order valence-electron chi connectivity index (χ1n) is 6.80. The Bertz CT molecular complexity index is 943. The highest BCUT2D eigenvalue weighted by Gasteiger charge is 2.15. The van der Waals surface area contributed by atoms with Gasteiger partial charge < -0.3 is 10.2 Å². The lowest BCUT2D eigenvalue weighted by Crippen LogP contribution is -2.19. The number of nitro groups is 1. The summed E-state index contributed by atoms with van der Waals surface area (Å²) in [6, 6.07) is 9.19. The molecule has 11 heteroatoms. The van der Waals surface area contributed by atoms with Gasteiger partial charge in [0.05, 0.1) is 11.1 Å². The number of nitro benzene ring substituents is 1. The van der Waals surface area contributed by atoms with Gasteiger partial charge in [-0.15, -0.1) is 0 Å². The van der Waals surface area contributed by atoms with Crippen LogP contribution in [-0.4, -0.2) is 27.4 Å². The summed E-state index contributed by atoms with van der Waals surface area (Å²) in [4.78, 5) is 21.8. The SMILES string of the molecule is Nc1nonc1C(=O)N/N=C/c1ccc(-c2ccc([N+](=O)[O-])cc2)o1. The maximum atomic E-state index is 11.7. The maximum absolute atomic E-state index is 11.7. The lowest BCUT2D eigenvalue weighted by Gasteiger charge is -1.96. The predicted molar refractivity (Wildman–Crippen MR) is 84.6 cm³/mol. The van der Waals surface area contributed by atoms with E-state index in [4.69, 9.17) is 10.2 Å². The van der Waals surface area contributed by atoms with Crippen LogP contribution < -0.4 is 11.2 Å². The number of nitrogens with one attached hydrogen (secondary N) is 1. The van der Waals surface area contributed by atoms with E-state index in [0.29, 0.717) is 17.1 Å². The molecule has 1 amide bonds. The number of nitrogens with two attached hydrogens (primary N) is 1. The molecule has 0 unspecified atom stereocenters. The smallest absolute Gasteiger partial charge is 0.297 e. The minimum atomic E-state index is -0.683. The van der Waals surface area contributed by atoms with E-state index < -0.39 is 10.8 Å². The third-order valence-corrected chi connectivity index (χ3v) is 3.08. The quantitative estimate of drug-likeness (QED) is 0.401. The molecule has 0 aliphatic heterocycles. The van der Waals surface area contributed by atoms with Crippen molar-refractivity contribution in [2.75, 3.05) is 5.73 Å². The van der Waals surface area contributed by atoms with Crippen molar-refractivity contribution < 1.29 is 18.8 Å². The molecule has 11 nitrogen and oxygen atoms in total. The van der Waals surface area contributed by atoms with Gasteiger partial charge in [-0.05, 0) is 34.6 Å². The molecule has 0 aliphatic rings. The van der Waals surface area contributed by atoms with E-state index >= 15 is 0 Å². The molecule has 2 heterocycles. The lowest BCUT2D eigenvalue weighted by atomic mass is 10.1. The van der Waals surface area contributed by atoms with Crippen LogP contribution in [0.1, 0.15) is 16.2 Å². The maximum Gasteiger partial charge on any atom is 0.297 e. The van der Waals surface area contributed by atoms with Crippen LogP contribution in [0.5, 0.6) is 0 Å². The summed E-state index contributed by atoms with van der Waals surface area (Å²) in [5.74, 6) is 0.0239. The monoisotopic (exact) mass is 342 g/mol. The Labute approximate surface area is 139 Å². The fourth-order valence-corrected chi connectivity index (χ4v) is 1.89. The van der Waals surface area contributed by atoms with Crippen LogP contribution in [0.3, 0.4) is 0 Å². The summed E-state index contributed by atoms with van der Waals surface area (Å²) in [5.41, 5.74) is 8.05. The Morgan fingerprint density at radius 2 is 2.00 bits per heavy atom. The van der Waals surface area contributed by atoms with Gasteiger partial charge in [0.15, 0.2) is 0 Å². The number of anilines is 1. The lowest BCUT2D eigenvalue weighted by molar-refractivity contribution is -0.384. The van der Waals surface area contributed by atoms with Gasteiger partial charge in [-0.2, -0.15) is 5.10 Å². The summed E-state index contributed by atoms with van der Waals surface area (Å²) in [7, 11) is 0. The fourth-order valence-electron chi connectivity index (χ4n) is 1.89. The topological polar surface area (TPSA) is 163 Å². The van der Waals surface area contributed by atoms with Crippen molar-refractivity contribution in [3.8, 4) is 11.3 Å². The summed E-state index contributed by atoms with van der Waals surface area (Å²) in [5, 5.41) is 21.0. The first kappa shape index (κ1) is 15.9. The van der Waals surface area contributed by atoms with E-state index in [-0.39, 0.29) is 17.2 Å². The van der Waals surface area contributed by atoms with Crippen molar-refractivity contribution in [2.24, 2.45) is 5.10 Å². The molecule has 3 N–H and O–H groups in total. The van der Waals surface area contributed by atoms with Crippen molar-refractivity contribution in [3.05, 3.63) is 58.0 Å². The molecule has 25 heavy (non-hydrogen) atoms. The van der Waals surface area contributed by atoms with E-state index in [0.717, 1.165) is 0 Å². The molecular weight excluding hydrogens is 332 g/mol. The third-order valence-electron chi connectivity index (χ3n) is 3.08. The summed E-state index contributed by atoms with van der Waals surface area (Å²) in [6.45, 7) is 0. The summed E-state index contributed by atoms with van der Waals surface area (Å²) >= 11 is 0. The molecule has 1 aromatic carbocycles. The molecule has 3 aromatic rings. The molecule has 0 saturated heterocycles. The fraction of sp³-hybridized carbons (Fsp3) is 0. The number of hydrogen-bond acceptors (Lipinski definition) is 9. The molecular formula is C14H10N6O5. The minimum Gasteiger partial charge on any atom is -0.455 e. The van der Waals surface area contributed by atoms with Gasteiger partial charge >= 0.3 is 0 Å². The number of hydrogen-bond donors (Lipinski definition) is 2. The molecule has 0 atom stereocenters. The van der Waals surface area contributed by atoms with Crippen molar-refractivity contribution >= 4 is 23.6 Å². The zero-order valence-corrected chi connectivity index (χ0v) is 12.4. The van der Waals surface area contributed by atoms with Crippen molar-refractivity contribution in [3.63, 3.8) is 0 Å². The number of aromatic nitrogens is 2. The zero-order chi connectivity index (χ0) is 17.8. The highest BCUT2D eigenvalue weighted by atomic mass is 16.6. The van der Waals surface area contributed by atoms with Crippen LogP contribution in [0.4, 0.5) is 11.5 Å². The van der Waals surface area contributed by atoms with Crippen LogP contribution in [0, 0.1) is 10.1 Å². The average molecular weight is 342 g/mol. The van der Waals surface area contributed by atoms with Gasteiger partial charge in [0.2, 0.25) is 11.5 Å². The molecule has 0 fully saturated rings. The predicted octanol–water partition coefficient (Wildman–Crippen LogP) is 1.58. The van der Waals surface area contributed by atoms with Crippen molar-refractivity contribution in [2.45, 2.75) is 0 Å². The molecule has 0 aliphatic carbocycles. The largest absolute Gasteiger partial charge is 0.455 e. The molecule has 3 rings (SSSR count). The highest BCUT2D eigenvalue weighted by molar-refractivity contribution is 5.96. The van der Waals surface area contributed by atoms with E-state index in [1.807, 2.05) is 0 Å². The van der Waals surface area contributed by atoms with E-state index in [2.05, 4.69) is 25.5 Å². The van der Waals surface area contributed by atoms with Gasteiger partial charge in [0.25, 0.3) is 11.6 Å². The number of amides is 1. The Balaban J connectivity index is 1.66. The number of nitrogen functional groups attached to an aromatic ring is 1. The Morgan fingerprint density at radius 3 is 2.64 bits per heavy atom. The first-order valence-corrected chi connectivity index (χ1v) is 6.80. The van der Waals surface area contributed by atoms with E-state index in [1.54, 1.807) is 24.3 Å². The molecule has 0 radical (unpaired) electrons. The van der Waals surface area contributed by atoms with Crippen LogP contribution in [0.15, 0.2) is 50.5 Å². The Kier molecular flexibility index (Phi) is 4.20. The second kappa shape index (κ2) is 6.62. The minimum absolute atomic E-state index is 0.0126. The van der Waals surface area contributed by atoms with Crippen molar-refractivity contribution in [1.82, 2.24) is 15.7 Å². The Morgan fingerprint density at radius 1 is 1.24 bits per heavy atom. The molecule has 0 saturated carbocycles.